The van der Waals surface area contributed by atoms with E-state index in [1.54, 1.807) is 0 Å². The third-order valence-corrected chi connectivity index (χ3v) is 1.04. The molecule has 0 saturated carbocycles. The predicted molar refractivity (Wildman–Crippen MR) is 39.0 cm³/mol. The maximum absolute atomic E-state index is 10.1. The summed E-state index contributed by atoms with van der Waals surface area (Å²) in [6.45, 7) is 4.77. The molecule has 0 amide bonds. The van der Waals surface area contributed by atoms with E-state index in [9.17, 15) is 4.79 Å². The number of allylic oxidation sites excluding steroid dienone is 2. The average molecular weight is 191 g/mol. The summed E-state index contributed by atoms with van der Waals surface area (Å²) in [6.07, 6.45) is 2.82. The summed E-state index contributed by atoms with van der Waals surface area (Å²) in [7, 11) is 0. The minimum Gasteiger partial charge on any atom is -0.433 e. The minimum atomic E-state index is -0.339. The number of carbonyl (C=O) groups excluding carboxylic acids is 1. The molecular weight excluding hydrogens is 184 g/mol. The Hall–Kier alpha value is -0.570. The quantitative estimate of drug-likeness (QED) is 0.379. The molecule has 0 radical (unpaired) electrons. The number of ether oxygens (including phenoxy) is 1. The molecule has 0 fully saturated rings. The molecular formula is C6H7BrO2. The van der Waals surface area contributed by atoms with Crippen LogP contribution in [0.25, 0.3) is 0 Å². The highest BCUT2D eigenvalue weighted by Gasteiger charge is 1.86. The van der Waals surface area contributed by atoms with Crippen LogP contribution in [0.1, 0.15) is 6.92 Å². The van der Waals surface area contributed by atoms with Crippen LogP contribution >= 0.6 is 15.9 Å². The van der Waals surface area contributed by atoms with Crippen molar-refractivity contribution in [3.63, 3.8) is 0 Å². The first-order valence-corrected chi connectivity index (χ1v) is 3.11. The van der Waals surface area contributed by atoms with Gasteiger partial charge in [0.2, 0.25) is 0 Å². The third-order valence-electron chi connectivity index (χ3n) is 0.532. The van der Waals surface area contributed by atoms with Crippen molar-refractivity contribution in [3.05, 3.63) is 23.4 Å². The second kappa shape index (κ2) is 4.32. The summed E-state index contributed by atoms with van der Waals surface area (Å²) < 4.78 is 5.13. The Balaban J connectivity index is 3.69. The topological polar surface area (TPSA) is 26.3 Å². The number of hydrogen-bond donors (Lipinski definition) is 0. The molecule has 0 atom stereocenters. The molecule has 0 aromatic heterocycles. The third kappa shape index (κ3) is 5.30. The van der Waals surface area contributed by atoms with Gasteiger partial charge in [0.05, 0.1) is 4.48 Å². The lowest BCUT2D eigenvalue weighted by Gasteiger charge is -1.90. The van der Waals surface area contributed by atoms with Crippen LogP contribution in [-0.2, 0) is 9.53 Å². The first-order chi connectivity index (χ1) is 4.16. The summed E-state index contributed by atoms with van der Waals surface area (Å²) in [5, 5.41) is 0. The van der Waals surface area contributed by atoms with Gasteiger partial charge in [0, 0.05) is 6.92 Å². The molecule has 3 heteroatoms. The van der Waals surface area contributed by atoms with Gasteiger partial charge in [-0.05, 0) is 15.9 Å². The second-order valence-corrected chi connectivity index (χ2v) is 2.23. The lowest BCUT2D eigenvalue weighted by molar-refractivity contribution is -0.135. The number of halogens is 1. The monoisotopic (exact) mass is 190 g/mol. The van der Waals surface area contributed by atoms with E-state index in [-0.39, 0.29) is 5.97 Å². The number of rotatable bonds is 2. The Kier molecular flexibility index (Phi) is 4.05. The van der Waals surface area contributed by atoms with Gasteiger partial charge in [-0.15, -0.1) is 0 Å². The van der Waals surface area contributed by atoms with Crippen LogP contribution in [0.3, 0.4) is 0 Å². The summed E-state index contributed by atoms with van der Waals surface area (Å²) in [6, 6.07) is 0. The largest absolute Gasteiger partial charge is 0.433 e. The molecule has 9 heavy (non-hydrogen) atoms. The highest BCUT2D eigenvalue weighted by Crippen LogP contribution is 2.04. The fourth-order valence-corrected chi connectivity index (χ4v) is 0.281. The summed E-state index contributed by atoms with van der Waals surface area (Å²) in [4.78, 5) is 10.1. The fourth-order valence-electron chi connectivity index (χ4n) is 0.187. The molecule has 0 aromatic carbocycles. The van der Waals surface area contributed by atoms with Crippen molar-refractivity contribution < 1.29 is 9.53 Å². The highest BCUT2D eigenvalue weighted by atomic mass is 79.9. The van der Waals surface area contributed by atoms with Crippen molar-refractivity contribution >= 4 is 21.9 Å². The summed E-state index contributed by atoms with van der Waals surface area (Å²) in [5.74, 6) is -0.339. The van der Waals surface area contributed by atoms with E-state index in [0.717, 1.165) is 0 Å². The van der Waals surface area contributed by atoms with E-state index in [1.165, 1.54) is 19.3 Å². The second-order valence-electron chi connectivity index (χ2n) is 1.32. The molecule has 0 rings (SSSR count). The van der Waals surface area contributed by atoms with Crippen molar-refractivity contribution in [2.45, 2.75) is 6.92 Å². The number of esters is 1. The zero-order valence-corrected chi connectivity index (χ0v) is 6.64. The first kappa shape index (κ1) is 8.43. The molecule has 0 unspecified atom stereocenters. The van der Waals surface area contributed by atoms with Crippen molar-refractivity contribution in [2.24, 2.45) is 0 Å². The van der Waals surface area contributed by atoms with Gasteiger partial charge in [0.15, 0.2) is 0 Å². The first-order valence-electron chi connectivity index (χ1n) is 2.32. The zero-order valence-electron chi connectivity index (χ0n) is 5.06. The van der Waals surface area contributed by atoms with E-state index in [0.29, 0.717) is 4.48 Å². The van der Waals surface area contributed by atoms with Crippen LogP contribution in [0.4, 0.5) is 0 Å². The van der Waals surface area contributed by atoms with E-state index in [4.69, 9.17) is 0 Å². The molecule has 0 aliphatic carbocycles. The van der Waals surface area contributed by atoms with Gasteiger partial charge >= 0.3 is 5.97 Å². The number of hydrogen-bond acceptors (Lipinski definition) is 2. The summed E-state index contributed by atoms with van der Waals surface area (Å²) in [5.41, 5.74) is 0. The molecule has 0 spiro atoms. The molecule has 0 aromatic rings. The van der Waals surface area contributed by atoms with E-state index in [1.807, 2.05) is 0 Å². The standard InChI is InChI=1S/C6H7BrO2/c1-3-6(7)4-9-5(2)8/h3-4H,1H2,2H3. The molecule has 0 heterocycles. The Labute approximate surface area is 62.3 Å². The van der Waals surface area contributed by atoms with E-state index < -0.39 is 0 Å². The van der Waals surface area contributed by atoms with Crippen LogP contribution in [0.15, 0.2) is 23.4 Å². The highest BCUT2D eigenvalue weighted by molar-refractivity contribution is 9.11. The van der Waals surface area contributed by atoms with E-state index in [2.05, 4.69) is 27.2 Å². The van der Waals surface area contributed by atoms with Gasteiger partial charge in [0.25, 0.3) is 0 Å². The van der Waals surface area contributed by atoms with Gasteiger partial charge in [-0.1, -0.05) is 12.7 Å². The molecule has 50 valence electrons. The maximum atomic E-state index is 10.1. The lowest BCUT2D eigenvalue weighted by Crippen LogP contribution is -1.89. The zero-order chi connectivity index (χ0) is 7.28. The van der Waals surface area contributed by atoms with Gasteiger partial charge in [-0.25, -0.2) is 0 Å². The normalized spacial score (nSPS) is 10.7. The molecule has 0 aliphatic heterocycles. The van der Waals surface area contributed by atoms with Crippen LogP contribution in [0.2, 0.25) is 0 Å². The van der Waals surface area contributed by atoms with Crippen molar-refractivity contribution in [1.82, 2.24) is 0 Å². The van der Waals surface area contributed by atoms with Crippen LogP contribution in [0, 0.1) is 0 Å². The molecule has 0 saturated heterocycles. The Bertz CT molecular complexity index is 149. The molecule has 0 aliphatic rings. The maximum Gasteiger partial charge on any atom is 0.307 e. The van der Waals surface area contributed by atoms with Crippen LogP contribution in [0.5, 0.6) is 0 Å². The SMILES string of the molecule is C=CC(Br)=COC(C)=O. The van der Waals surface area contributed by atoms with Crippen molar-refractivity contribution in [1.29, 1.82) is 0 Å². The van der Waals surface area contributed by atoms with Gasteiger partial charge in [-0.3, -0.25) is 4.79 Å². The van der Waals surface area contributed by atoms with Crippen LogP contribution in [-0.4, -0.2) is 5.97 Å². The molecule has 0 bridgehead atoms. The molecule has 0 N–H and O–H groups in total. The van der Waals surface area contributed by atoms with Gasteiger partial charge in [0.1, 0.15) is 6.26 Å². The number of carbonyl (C=O) groups is 1. The minimum absolute atomic E-state index is 0.339. The van der Waals surface area contributed by atoms with Gasteiger partial charge < -0.3 is 4.74 Å². The lowest BCUT2D eigenvalue weighted by atomic mass is 10.6. The van der Waals surface area contributed by atoms with Crippen LogP contribution < -0.4 is 0 Å². The van der Waals surface area contributed by atoms with E-state index >= 15 is 0 Å². The smallest absolute Gasteiger partial charge is 0.307 e. The Morgan fingerprint density at radius 3 is 2.67 bits per heavy atom. The molecule has 2 nitrogen and oxygen atoms in total. The average Bonchev–Trinajstić information content (AvgIpc) is 1.83. The summed E-state index contributed by atoms with van der Waals surface area (Å²) >= 11 is 3.07. The Morgan fingerprint density at radius 2 is 2.33 bits per heavy atom. The van der Waals surface area contributed by atoms with Crippen molar-refractivity contribution in [2.75, 3.05) is 0 Å². The van der Waals surface area contributed by atoms with Crippen molar-refractivity contribution in [3.8, 4) is 0 Å². The predicted octanol–water partition coefficient (Wildman–Crippen LogP) is 1.97. The van der Waals surface area contributed by atoms with Gasteiger partial charge in [-0.2, -0.15) is 0 Å². The fraction of sp³-hybridized carbons (Fsp3) is 0.167. The Morgan fingerprint density at radius 1 is 1.78 bits per heavy atom.